The molecule has 0 saturated heterocycles. The van der Waals surface area contributed by atoms with Crippen molar-refractivity contribution in [3.8, 4) is 0 Å². The van der Waals surface area contributed by atoms with Gasteiger partial charge in [0, 0.05) is 0 Å². The zero-order chi connectivity index (χ0) is 17.4. The van der Waals surface area contributed by atoms with Crippen LogP contribution in [0, 0.1) is 11.3 Å². The van der Waals surface area contributed by atoms with E-state index in [-0.39, 0.29) is 10.8 Å². The average Bonchev–Trinajstić information content (AvgIpc) is 2.75. The number of hydrogen-bond donors (Lipinski definition) is 0. The van der Waals surface area contributed by atoms with Gasteiger partial charge in [0.2, 0.25) is 0 Å². The van der Waals surface area contributed by atoms with E-state index in [1.807, 2.05) is 0 Å². The van der Waals surface area contributed by atoms with E-state index in [1.165, 1.54) is 11.1 Å². The molecular weight excluding hydrogens is 276 g/mol. The highest BCUT2D eigenvalue weighted by Gasteiger charge is 2.29. The zero-order valence-corrected chi connectivity index (χ0v) is 16.4. The van der Waals surface area contributed by atoms with Crippen LogP contribution in [0.2, 0.25) is 0 Å². The van der Waals surface area contributed by atoms with Crippen molar-refractivity contribution in [2.75, 3.05) is 0 Å². The Labute approximate surface area is 143 Å². The quantitative estimate of drug-likeness (QED) is 0.572. The number of hydrogen-bond acceptors (Lipinski definition) is 0. The highest BCUT2D eigenvalue weighted by Crippen LogP contribution is 2.43. The van der Waals surface area contributed by atoms with Gasteiger partial charge in [0.1, 0.15) is 0 Å². The second-order valence-corrected chi connectivity index (χ2v) is 9.10. The van der Waals surface area contributed by atoms with Crippen molar-refractivity contribution in [2.45, 2.75) is 73.6 Å². The Morgan fingerprint density at radius 2 is 1.61 bits per heavy atom. The second-order valence-electron chi connectivity index (χ2n) is 9.10. The molecule has 0 aromatic heterocycles. The van der Waals surface area contributed by atoms with E-state index in [0.717, 1.165) is 12.8 Å². The normalized spacial score (nSPS) is 19.3. The average molecular weight is 311 g/mol. The van der Waals surface area contributed by atoms with Gasteiger partial charge >= 0.3 is 0 Å². The maximum absolute atomic E-state index is 2.50. The molecular formula is C23H34. The van der Waals surface area contributed by atoms with E-state index in [4.69, 9.17) is 0 Å². The van der Waals surface area contributed by atoms with Gasteiger partial charge in [-0.25, -0.2) is 0 Å². The van der Waals surface area contributed by atoms with Gasteiger partial charge in [-0.2, -0.15) is 0 Å². The van der Waals surface area contributed by atoms with Crippen LogP contribution < -0.4 is 0 Å². The van der Waals surface area contributed by atoms with Crippen molar-refractivity contribution in [3.05, 3.63) is 58.2 Å². The summed E-state index contributed by atoms with van der Waals surface area (Å²) in [6.07, 6.45) is 4.73. The Morgan fingerprint density at radius 3 is 2.13 bits per heavy atom. The molecule has 0 N–H and O–H groups in total. The van der Waals surface area contributed by atoms with Gasteiger partial charge in [0.15, 0.2) is 0 Å². The molecule has 0 fully saturated rings. The fourth-order valence-corrected chi connectivity index (χ4v) is 3.65. The van der Waals surface area contributed by atoms with Crippen molar-refractivity contribution >= 4 is 0 Å². The molecule has 0 amide bonds. The molecule has 126 valence electrons. The Hall–Kier alpha value is -1.30. The molecule has 23 heavy (non-hydrogen) atoms. The first-order valence-corrected chi connectivity index (χ1v) is 9.08. The predicted molar refractivity (Wildman–Crippen MR) is 103 cm³/mol. The lowest BCUT2D eigenvalue weighted by atomic mass is 9.81. The van der Waals surface area contributed by atoms with Crippen LogP contribution in [0.15, 0.2) is 47.1 Å². The molecule has 0 unspecified atom stereocenters. The Kier molecular flexibility index (Phi) is 4.95. The molecule has 1 aliphatic carbocycles. The summed E-state index contributed by atoms with van der Waals surface area (Å²) in [4.78, 5) is 0. The van der Waals surface area contributed by atoms with E-state index in [0.29, 0.717) is 5.92 Å². The van der Waals surface area contributed by atoms with Crippen LogP contribution in [0.3, 0.4) is 0 Å². The standard InChI is InChI=1S/C23H34/c1-9-19-20(16(2)13-21(19)23(6,7)8)15-17-11-10-12-18(14-17)22(3,4)5/h10-14,16H,9,15H2,1-8H3/t16-/m0/s1. The lowest BCUT2D eigenvalue weighted by Gasteiger charge is -2.24. The van der Waals surface area contributed by atoms with Gasteiger partial charge in [-0.1, -0.05) is 91.3 Å². The van der Waals surface area contributed by atoms with Crippen LogP contribution in [-0.4, -0.2) is 0 Å². The molecule has 0 bridgehead atoms. The maximum Gasteiger partial charge on any atom is -0.00363 e. The molecule has 1 aromatic rings. The summed E-state index contributed by atoms with van der Waals surface area (Å²) in [7, 11) is 0. The van der Waals surface area contributed by atoms with Crippen LogP contribution in [-0.2, 0) is 11.8 Å². The van der Waals surface area contributed by atoms with Crippen LogP contribution >= 0.6 is 0 Å². The highest BCUT2D eigenvalue weighted by molar-refractivity contribution is 5.49. The molecule has 0 spiro atoms. The SMILES string of the molecule is CCC1=C(Cc2cccc(C(C)(C)C)c2)[C@@H](C)C=C1C(C)(C)C. The van der Waals surface area contributed by atoms with Crippen molar-refractivity contribution in [3.63, 3.8) is 0 Å². The van der Waals surface area contributed by atoms with E-state index in [1.54, 1.807) is 16.7 Å². The smallest absolute Gasteiger partial charge is 0.00363 e. The monoisotopic (exact) mass is 310 g/mol. The summed E-state index contributed by atoms with van der Waals surface area (Å²) in [5.74, 6) is 0.567. The van der Waals surface area contributed by atoms with Crippen LogP contribution in [0.1, 0.15) is 72.9 Å². The Morgan fingerprint density at radius 1 is 0.957 bits per heavy atom. The van der Waals surface area contributed by atoms with Gasteiger partial charge in [-0.15, -0.1) is 0 Å². The molecule has 0 heterocycles. The van der Waals surface area contributed by atoms with E-state index >= 15 is 0 Å². The lowest BCUT2D eigenvalue weighted by molar-refractivity contribution is 0.508. The van der Waals surface area contributed by atoms with Crippen molar-refractivity contribution < 1.29 is 0 Å². The molecule has 0 radical (unpaired) electrons. The van der Waals surface area contributed by atoms with E-state index < -0.39 is 0 Å². The minimum atomic E-state index is 0.216. The predicted octanol–water partition coefficient (Wildman–Crippen LogP) is 6.86. The van der Waals surface area contributed by atoms with Crippen LogP contribution in [0.25, 0.3) is 0 Å². The number of benzene rings is 1. The molecule has 1 aromatic carbocycles. The Bertz CT molecular complexity index is 627. The summed E-state index contributed by atoms with van der Waals surface area (Å²) < 4.78 is 0. The summed E-state index contributed by atoms with van der Waals surface area (Å²) in [5.41, 5.74) is 8.14. The minimum Gasteiger partial charge on any atom is -0.0736 e. The largest absolute Gasteiger partial charge is 0.0736 e. The van der Waals surface area contributed by atoms with Gasteiger partial charge in [0.05, 0.1) is 0 Å². The summed E-state index contributed by atoms with van der Waals surface area (Å²) >= 11 is 0. The molecule has 0 aliphatic heterocycles. The topological polar surface area (TPSA) is 0 Å². The Balaban J connectivity index is 2.36. The zero-order valence-electron chi connectivity index (χ0n) is 16.4. The number of allylic oxidation sites excluding steroid dienone is 4. The third-order valence-corrected chi connectivity index (χ3v) is 5.03. The van der Waals surface area contributed by atoms with E-state index in [9.17, 15) is 0 Å². The molecule has 1 atom stereocenters. The van der Waals surface area contributed by atoms with Gasteiger partial charge in [0.25, 0.3) is 0 Å². The first-order valence-electron chi connectivity index (χ1n) is 9.08. The third-order valence-electron chi connectivity index (χ3n) is 5.03. The van der Waals surface area contributed by atoms with E-state index in [2.05, 4.69) is 85.7 Å². The van der Waals surface area contributed by atoms with Crippen LogP contribution in [0.4, 0.5) is 0 Å². The molecule has 1 aliphatic rings. The second kappa shape index (κ2) is 6.30. The van der Waals surface area contributed by atoms with Gasteiger partial charge in [-0.05, 0) is 51.9 Å². The summed E-state index contributed by atoms with van der Waals surface area (Å²) in [5, 5.41) is 0. The van der Waals surface area contributed by atoms with Crippen molar-refractivity contribution in [1.82, 2.24) is 0 Å². The third kappa shape index (κ3) is 3.97. The molecule has 0 saturated carbocycles. The summed E-state index contributed by atoms with van der Waals surface area (Å²) in [6.45, 7) is 18.6. The molecule has 0 nitrogen and oxygen atoms in total. The first kappa shape index (κ1) is 18.0. The van der Waals surface area contributed by atoms with Crippen LogP contribution in [0.5, 0.6) is 0 Å². The van der Waals surface area contributed by atoms with Crippen molar-refractivity contribution in [2.24, 2.45) is 11.3 Å². The maximum atomic E-state index is 2.50. The van der Waals surface area contributed by atoms with Crippen molar-refractivity contribution in [1.29, 1.82) is 0 Å². The molecule has 0 heteroatoms. The van der Waals surface area contributed by atoms with Gasteiger partial charge in [-0.3, -0.25) is 0 Å². The van der Waals surface area contributed by atoms with Gasteiger partial charge < -0.3 is 0 Å². The lowest BCUT2D eigenvalue weighted by Crippen LogP contribution is -2.12. The fourth-order valence-electron chi connectivity index (χ4n) is 3.65. The summed E-state index contributed by atoms with van der Waals surface area (Å²) in [6, 6.07) is 9.18. The first-order chi connectivity index (χ1) is 10.5. The fraction of sp³-hybridized carbons (Fsp3) is 0.565. The molecule has 2 rings (SSSR count). The highest BCUT2D eigenvalue weighted by atomic mass is 14.3. The number of rotatable bonds is 3. The minimum absolute atomic E-state index is 0.216.